The summed E-state index contributed by atoms with van der Waals surface area (Å²) in [5.41, 5.74) is -0.308. The highest BCUT2D eigenvalue weighted by Gasteiger charge is 2.38. The second-order valence-corrected chi connectivity index (χ2v) is 4.45. The largest absolute Gasteiger partial charge is 0.384 e. The SMILES string of the molecule is O=C(Cl)N1CC=CC=C1C1(O)CCNCC1. The Morgan fingerprint density at radius 3 is 2.81 bits per heavy atom. The number of piperidine rings is 1. The van der Waals surface area contributed by atoms with Crippen molar-refractivity contribution in [2.45, 2.75) is 18.4 Å². The van der Waals surface area contributed by atoms with Crippen LogP contribution in [0.4, 0.5) is 4.79 Å². The molecular weight excluding hydrogens is 228 g/mol. The summed E-state index contributed by atoms with van der Waals surface area (Å²) >= 11 is 5.52. The summed E-state index contributed by atoms with van der Waals surface area (Å²) in [6.45, 7) is 1.94. The van der Waals surface area contributed by atoms with E-state index in [0.717, 1.165) is 13.1 Å². The quantitative estimate of drug-likeness (QED) is 0.537. The van der Waals surface area contributed by atoms with Crippen LogP contribution < -0.4 is 5.32 Å². The molecule has 2 aliphatic heterocycles. The standard InChI is InChI=1S/C11H15ClN2O2/c12-10(15)14-8-2-1-3-9(14)11(16)4-6-13-7-5-11/h1-3,13,16H,4-8H2. The van der Waals surface area contributed by atoms with Gasteiger partial charge in [0.05, 0.1) is 5.70 Å². The molecule has 2 N–H and O–H groups in total. The van der Waals surface area contributed by atoms with Crippen LogP contribution in [0.2, 0.25) is 0 Å². The fraction of sp³-hybridized carbons (Fsp3) is 0.545. The van der Waals surface area contributed by atoms with Crippen molar-refractivity contribution in [3.8, 4) is 0 Å². The van der Waals surface area contributed by atoms with Gasteiger partial charge in [-0.05, 0) is 43.6 Å². The number of hydrogen-bond donors (Lipinski definition) is 2. The molecule has 5 heteroatoms. The Morgan fingerprint density at radius 2 is 2.19 bits per heavy atom. The maximum absolute atomic E-state index is 11.3. The Labute approximate surface area is 99.6 Å². The highest BCUT2D eigenvalue weighted by Crippen LogP contribution is 2.31. The first-order chi connectivity index (χ1) is 7.63. The molecule has 2 aliphatic rings. The summed E-state index contributed by atoms with van der Waals surface area (Å²) in [6.07, 6.45) is 6.68. The molecule has 2 rings (SSSR count). The Bertz CT molecular complexity index is 346. The fourth-order valence-corrected chi connectivity index (χ4v) is 2.34. The van der Waals surface area contributed by atoms with Crippen LogP contribution in [-0.2, 0) is 0 Å². The first kappa shape index (κ1) is 11.6. The van der Waals surface area contributed by atoms with Gasteiger partial charge in [0.25, 0.3) is 0 Å². The van der Waals surface area contributed by atoms with E-state index in [4.69, 9.17) is 11.6 Å². The molecule has 0 bridgehead atoms. The van der Waals surface area contributed by atoms with Gasteiger partial charge < -0.3 is 10.4 Å². The van der Waals surface area contributed by atoms with Crippen molar-refractivity contribution in [3.63, 3.8) is 0 Å². The van der Waals surface area contributed by atoms with Crippen LogP contribution in [0.3, 0.4) is 0 Å². The maximum atomic E-state index is 11.3. The van der Waals surface area contributed by atoms with Crippen molar-refractivity contribution in [2.75, 3.05) is 19.6 Å². The predicted octanol–water partition coefficient (Wildman–Crippen LogP) is 1.22. The lowest BCUT2D eigenvalue weighted by atomic mass is 9.87. The molecule has 4 nitrogen and oxygen atoms in total. The zero-order chi connectivity index (χ0) is 11.6. The predicted molar refractivity (Wildman–Crippen MR) is 62.2 cm³/mol. The average Bonchev–Trinajstić information content (AvgIpc) is 2.30. The minimum atomic E-state index is -0.930. The molecule has 0 spiro atoms. The lowest BCUT2D eigenvalue weighted by molar-refractivity contribution is 0.0262. The van der Waals surface area contributed by atoms with Crippen LogP contribution >= 0.6 is 11.6 Å². The average molecular weight is 243 g/mol. The maximum Gasteiger partial charge on any atom is 0.320 e. The van der Waals surface area contributed by atoms with E-state index in [9.17, 15) is 9.90 Å². The number of nitrogens with zero attached hydrogens (tertiary/aromatic N) is 1. The van der Waals surface area contributed by atoms with Crippen LogP contribution in [0.25, 0.3) is 0 Å². The van der Waals surface area contributed by atoms with E-state index >= 15 is 0 Å². The van der Waals surface area contributed by atoms with Gasteiger partial charge in [-0.25, -0.2) is 0 Å². The third-order valence-corrected chi connectivity index (χ3v) is 3.29. The van der Waals surface area contributed by atoms with Crippen molar-refractivity contribution in [1.82, 2.24) is 10.2 Å². The highest BCUT2D eigenvalue weighted by molar-refractivity contribution is 6.63. The van der Waals surface area contributed by atoms with Crippen molar-refractivity contribution in [2.24, 2.45) is 0 Å². The Kier molecular flexibility index (Phi) is 3.33. The van der Waals surface area contributed by atoms with Gasteiger partial charge >= 0.3 is 5.37 Å². The van der Waals surface area contributed by atoms with Crippen LogP contribution in [0.1, 0.15) is 12.8 Å². The lowest BCUT2D eigenvalue weighted by Crippen LogP contribution is -2.49. The summed E-state index contributed by atoms with van der Waals surface area (Å²) in [7, 11) is 0. The molecule has 0 unspecified atom stereocenters. The number of carbonyl (C=O) groups is 1. The number of nitrogens with one attached hydrogen (secondary N) is 1. The molecule has 0 atom stereocenters. The van der Waals surface area contributed by atoms with Gasteiger partial charge in [0.15, 0.2) is 0 Å². The van der Waals surface area contributed by atoms with Gasteiger partial charge in [-0.1, -0.05) is 12.2 Å². The second kappa shape index (κ2) is 4.57. The molecule has 0 aliphatic carbocycles. The third kappa shape index (κ3) is 2.14. The van der Waals surface area contributed by atoms with Gasteiger partial charge in [-0.3, -0.25) is 9.69 Å². The third-order valence-electron chi connectivity index (χ3n) is 3.09. The zero-order valence-corrected chi connectivity index (χ0v) is 9.70. The summed E-state index contributed by atoms with van der Waals surface area (Å²) in [4.78, 5) is 12.7. The number of halogens is 1. The number of amides is 1. The van der Waals surface area contributed by atoms with E-state index in [1.165, 1.54) is 4.90 Å². The van der Waals surface area contributed by atoms with E-state index in [1.807, 2.05) is 12.2 Å². The summed E-state index contributed by atoms with van der Waals surface area (Å²) in [5.74, 6) is 0. The molecule has 0 aromatic rings. The molecule has 1 amide bonds. The van der Waals surface area contributed by atoms with Gasteiger partial charge in [0, 0.05) is 6.54 Å². The van der Waals surface area contributed by atoms with E-state index < -0.39 is 11.0 Å². The molecule has 0 aromatic carbocycles. The first-order valence-electron chi connectivity index (χ1n) is 5.41. The van der Waals surface area contributed by atoms with Crippen molar-refractivity contribution in [3.05, 3.63) is 23.9 Å². The Morgan fingerprint density at radius 1 is 1.50 bits per heavy atom. The number of allylic oxidation sites excluding steroid dienone is 2. The first-order valence-corrected chi connectivity index (χ1v) is 5.79. The summed E-state index contributed by atoms with van der Waals surface area (Å²) in [6, 6.07) is 0. The minimum absolute atomic E-state index is 0.434. The fourth-order valence-electron chi connectivity index (χ4n) is 2.18. The minimum Gasteiger partial charge on any atom is -0.384 e. The summed E-state index contributed by atoms with van der Waals surface area (Å²) < 4.78 is 0. The van der Waals surface area contributed by atoms with Gasteiger partial charge in [-0.2, -0.15) is 0 Å². The van der Waals surface area contributed by atoms with Crippen molar-refractivity contribution in [1.29, 1.82) is 0 Å². The molecule has 0 aromatic heterocycles. The van der Waals surface area contributed by atoms with Crippen molar-refractivity contribution < 1.29 is 9.90 Å². The van der Waals surface area contributed by atoms with E-state index in [0.29, 0.717) is 25.1 Å². The van der Waals surface area contributed by atoms with E-state index in [2.05, 4.69) is 5.32 Å². The van der Waals surface area contributed by atoms with Gasteiger partial charge in [0.1, 0.15) is 5.60 Å². The molecule has 0 radical (unpaired) electrons. The molecule has 88 valence electrons. The lowest BCUT2D eigenvalue weighted by Gasteiger charge is -2.39. The summed E-state index contributed by atoms with van der Waals surface area (Å²) in [5, 5.41) is 13.2. The Balaban J connectivity index is 2.25. The number of carbonyl (C=O) groups excluding carboxylic acids is 1. The second-order valence-electron chi connectivity index (χ2n) is 4.13. The normalized spacial score (nSPS) is 24.1. The highest BCUT2D eigenvalue weighted by atomic mass is 35.5. The smallest absolute Gasteiger partial charge is 0.320 e. The number of rotatable bonds is 1. The van der Waals surface area contributed by atoms with Crippen LogP contribution in [0.15, 0.2) is 23.9 Å². The van der Waals surface area contributed by atoms with Crippen LogP contribution in [-0.4, -0.2) is 40.6 Å². The Hall–Kier alpha value is -0.840. The van der Waals surface area contributed by atoms with Gasteiger partial charge in [0.2, 0.25) is 0 Å². The molecule has 2 heterocycles. The van der Waals surface area contributed by atoms with Crippen LogP contribution in [0, 0.1) is 0 Å². The van der Waals surface area contributed by atoms with Gasteiger partial charge in [-0.15, -0.1) is 0 Å². The number of aliphatic hydroxyl groups is 1. The van der Waals surface area contributed by atoms with Crippen molar-refractivity contribution >= 4 is 17.0 Å². The molecule has 16 heavy (non-hydrogen) atoms. The van der Waals surface area contributed by atoms with E-state index in [-0.39, 0.29) is 0 Å². The zero-order valence-electron chi connectivity index (χ0n) is 8.95. The topological polar surface area (TPSA) is 52.6 Å². The van der Waals surface area contributed by atoms with E-state index in [1.54, 1.807) is 6.08 Å². The molecule has 0 saturated carbocycles. The molecule has 1 fully saturated rings. The van der Waals surface area contributed by atoms with Crippen LogP contribution in [0.5, 0.6) is 0 Å². The molecular formula is C11H15ClN2O2. The molecule has 1 saturated heterocycles. The monoisotopic (exact) mass is 242 g/mol. The number of hydrogen-bond acceptors (Lipinski definition) is 3.